The number of hydrogen-bond acceptors (Lipinski definition) is 4. The molecular weight excluding hydrogens is 278 g/mol. The van der Waals surface area contributed by atoms with Crippen LogP contribution in [0.2, 0.25) is 0 Å². The zero-order valence-corrected chi connectivity index (χ0v) is 13.0. The van der Waals surface area contributed by atoms with Crippen molar-refractivity contribution in [1.82, 2.24) is 4.98 Å². The zero-order valence-electron chi connectivity index (χ0n) is 12.2. The van der Waals surface area contributed by atoms with Crippen molar-refractivity contribution < 1.29 is 0 Å². The van der Waals surface area contributed by atoms with Crippen LogP contribution in [0.15, 0.2) is 29.6 Å². The second kappa shape index (κ2) is 5.59. The molecule has 0 spiro atoms. The van der Waals surface area contributed by atoms with E-state index in [9.17, 15) is 0 Å². The molecule has 3 nitrogen and oxygen atoms in total. The third kappa shape index (κ3) is 2.85. The Bertz CT molecular complexity index is 668. The molecule has 1 aliphatic carbocycles. The van der Waals surface area contributed by atoms with Crippen LogP contribution in [0.1, 0.15) is 43.2 Å². The van der Waals surface area contributed by atoms with Crippen molar-refractivity contribution >= 4 is 11.3 Å². The summed E-state index contributed by atoms with van der Waals surface area (Å²) in [6.45, 7) is 2.27. The summed E-state index contributed by atoms with van der Waals surface area (Å²) in [4.78, 5) is 4.78. The van der Waals surface area contributed by atoms with Crippen molar-refractivity contribution in [2.24, 2.45) is 11.7 Å². The van der Waals surface area contributed by atoms with Gasteiger partial charge in [0.25, 0.3) is 0 Å². The van der Waals surface area contributed by atoms with Crippen LogP contribution in [0.5, 0.6) is 0 Å². The van der Waals surface area contributed by atoms with Gasteiger partial charge in [0.2, 0.25) is 0 Å². The first-order chi connectivity index (χ1) is 10.1. The van der Waals surface area contributed by atoms with Gasteiger partial charge in [-0.05, 0) is 30.9 Å². The molecule has 4 heteroatoms. The third-order valence-corrected chi connectivity index (χ3v) is 5.33. The van der Waals surface area contributed by atoms with E-state index in [0.717, 1.165) is 29.1 Å². The highest BCUT2D eigenvalue weighted by Crippen LogP contribution is 2.40. The molecule has 3 rings (SSSR count). The van der Waals surface area contributed by atoms with Crippen molar-refractivity contribution in [2.45, 2.75) is 38.1 Å². The second-order valence-electron chi connectivity index (χ2n) is 6.08. The topological polar surface area (TPSA) is 62.7 Å². The Morgan fingerprint density at radius 1 is 1.38 bits per heavy atom. The van der Waals surface area contributed by atoms with Crippen LogP contribution in [0, 0.1) is 17.2 Å². The van der Waals surface area contributed by atoms with Crippen molar-refractivity contribution in [1.29, 1.82) is 5.26 Å². The smallest absolute Gasteiger partial charge is 0.113 e. The highest BCUT2D eigenvalue weighted by molar-refractivity contribution is 7.10. The Morgan fingerprint density at radius 2 is 2.14 bits per heavy atom. The van der Waals surface area contributed by atoms with Crippen LogP contribution in [0.25, 0.3) is 11.3 Å². The van der Waals surface area contributed by atoms with Crippen LogP contribution in [0.3, 0.4) is 0 Å². The van der Waals surface area contributed by atoms with Gasteiger partial charge in [-0.2, -0.15) is 5.26 Å². The minimum Gasteiger partial charge on any atom is -0.319 e. The number of nitrogens with zero attached hydrogens (tertiary/aromatic N) is 2. The quantitative estimate of drug-likeness (QED) is 0.909. The maximum Gasteiger partial charge on any atom is 0.113 e. The Morgan fingerprint density at radius 3 is 2.81 bits per heavy atom. The van der Waals surface area contributed by atoms with Gasteiger partial charge in [0.1, 0.15) is 5.01 Å². The minimum atomic E-state index is -0.257. The van der Waals surface area contributed by atoms with Gasteiger partial charge in [-0.25, -0.2) is 4.98 Å². The molecule has 0 aliphatic heterocycles. The van der Waals surface area contributed by atoms with Crippen LogP contribution in [0.4, 0.5) is 0 Å². The zero-order chi connectivity index (χ0) is 14.9. The Balaban J connectivity index is 1.87. The lowest BCUT2D eigenvalue weighted by Gasteiger charge is -2.35. The molecule has 0 bridgehead atoms. The number of nitrogens with two attached hydrogens (primary N) is 1. The molecule has 108 valence electrons. The molecule has 21 heavy (non-hydrogen) atoms. The number of rotatable bonds is 2. The molecule has 0 radical (unpaired) electrons. The largest absolute Gasteiger partial charge is 0.319 e. The lowest BCUT2D eigenvalue weighted by molar-refractivity contribution is 0.238. The number of benzene rings is 1. The van der Waals surface area contributed by atoms with Gasteiger partial charge in [-0.3, -0.25) is 0 Å². The summed E-state index contributed by atoms with van der Waals surface area (Å²) in [5.74, 6) is 0.672. The third-order valence-electron chi connectivity index (χ3n) is 4.27. The summed E-state index contributed by atoms with van der Waals surface area (Å²) < 4.78 is 0. The average Bonchev–Trinajstić information content (AvgIpc) is 2.98. The van der Waals surface area contributed by atoms with Crippen molar-refractivity contribution in [3.8, 4) is 17.3 Å². The minimum absolute atomic E-state index is 0.257. The van der Waals surface area contributed by atoms with E-state index in [1.807, 2.05) is 24.3 Å². The fourth-order valence-electron chi connectivity index (χ4n) is 3.14. The molecule has 2 N–H and O–H groups in total. The summed E-state index contributed by atoms with van der Waals surface area (Å²) in [5, 5.41) is 12.0. The number of hydrogen-bond donors (Lipinski definition) is 1. The van der Waals surface area contributed by atoms with E-state index >= 15 is 0 Å². The lowest BCUT2D eigenvalue weighted by Crippen LogP contribution is -2.40. The van der Waals surface area contributed by atoms with Gasteiger partial charge in [0.05, 0.1) is 22.9 Å². The van der Waals surface area contributed by atoms with Crippen molar-refractivity contribution in [3.63, 3.8) is 0 Å². The van der Waals surface area contributed by atoms with E-state index in [4.69, 9.17) is 16.0 Å². The van der Waals surface area contributed by atoms with Crippen molar-refractivity contribution in [3.05, 3.63) is 40.2 Å². The number of thiazole rings is 1. The fraction of sp³-hybridized carbons (Fsp3) is 0.412. The molecule has 0 saturated heterocycles. The first-order valence-electron chi connectivity index (χ1n) is 7.36. The van der Waals surface area contributed by atoms with E-state index in [1.54, 1.807) is 11.3 Å². The molecular formula is C17H19N3S. The molecule has 2 aromatic rings. The summed E-state index contributed by atoms with van der Waals surface area (Å²) in [7, 11) is 0. The monoisotopic (exact) mass is 297 g/mol. The molecule has 0 amide bonds. The van der Waals surface area contributed by atoms with Crippen LogP contribution < -0.4 is 5.73 Å². The first kappa shape index (κ1) is 14.2. The molecule has 2 atom stereocenters. The SMILES string of the molecule is CC1CCCC(N)(c2nc(-c3ccc(C#N)cc3)cs2)C1. The van der Waals surface area contributed by atoms with E-state index in [-0.39, 0.29) is 5.54 Å². The molecule has 1 aromatic carbocycles. The van der Waals surface area contributed by atoms with Gasteiger partial charge >= 0.3 is 0 Å². The Hall–Kier alpha value is -1.70. The lowest BCUT2D eigenvalue weighted by atomic mass is 9.77. The van der Waals surface area contributed by atoms with Gasteiger partial charge in [-0.15, -0.1) is 11.3 Å². The standard InChI is InChI=1S/C17H19N3S/c1-12-3-2-8-17(19,9-12)16-20-15(11-21-16)14-6-4-13(10-18)5-7-14/h4-7,11-12H,2-3,8-9,19H2,1H3. The van der Waals surface area contributed by atoms with Crippen LogP contribution in [-0.4, -0.2) is 4.98 Å². The maximum absolute atomic E-state index is 8.85. The molecule has 1 aromatic heterocycles. The van der Waals surface area contributed by atoms with E-state index < -0.39 is 0 Å². The fourth-order valence-corrected chi connectivity index (χ4v) is 4.12. The summed E-state index contributed by atoms with van der Waals surface area (Å²) >= 11 is 1.66. The van der Waals surface area contributed by atoms with E-state index in [1.165, 1.54) is 12.8 Å². The van der Waals surface area contributed by atoms with Crippen molar-refractivity contribution in [2.75, 3.05) is 0 Å². The predicted octanol–water partition coefficient (Wildman–Crippen LogP) is 4.05. The van der Waals surface area contributed by atoms with Gasteiger partial charge in [0, 0.05) is 10.9 Å². The maximum atomic E-state index is 8.85. The first-order valence-corrected chi connectivity index (χ1v) is 8.24. The highest BCUT2D eigenvalue weighted by Gasteiger charge is 2.35. The average molecular weight is 297 g/mol. The van der Waals surface area contributed by atoms with Gasteiger partial charge in [0.15, 0.2) is 0 Å². The molecule has 2 unspecified atom stereocenters. The van der Waals surface area contributed by atoms with Crippen LogP contribution >= 0.6 is 11.3 Å². The number of aromatic nitrogens is 1. The van der Waals surface area contributed by atoms with E-state index in [0.29, 0.717) is 11.5 Å². The molecule has 1 fully saturated rings. The predicted molar refractivity (Wildman–Crippen MR) is 85.8 cm³/mol. The normalized spacial score (nSPS) is 25.5. The Kier molecular flexibility index (Phi) is 3.79. The van der Waals surface area contributed by atoms with Gasteiger partial charge < -0.3 is 5.73 Å². The van der Waals surface area contributed by atoms with Gasteiger partial charge in [-0.1, -0.05) is 31.9 Å². The van der Waals surface area contributed by atoms with Crippen LogP contribution in [-0.2, 0) is 5.54 Å². The second-order valence-corrected chi connectivity index (χ2v) is 6.94. The van der Waals surface area contributed by atoms with E-state index in [2.05, 4.69) is 18.4 Å². The molecule has 1 saturated carbocycles. The number of nitriles is 1. The summed E-state index contributed by atoms with van der Waals surface area (Å²) in [6.07, 6.45) is 4.50. The molecule has 1 aliphatic rings. The highest BCUT2D eigenvalue weighted by atomic mass is 32.1. The summed E-state index contributed by atoms with van der Waals surface area (Å²) in [6, 6.07) is 9.69. The molecule has 1 heterocycles. The Labute approximate surface area is 129 Å². The summed E-state index contributed by atoms with van der Waals surface area (Å²) in [5.41, 5.74) is 9.03.